The zero-order valence-corrected chi connectivity index (χ0v) is 14.5. The highest BCUT2D eigenvalue weighted by molar-refractivity contribution is 6.76. The molecule has 1 saturated heterocycles. The maximum absolute atomic E-state index is 12.3. The van der Waals surface area contributed by atoms with Gasteiger partial charge in [-0.2, -0.15) is 0 Å². The molecule has 1 N–H and O–H groups in total. The molecule has 0 radical (unpaired) electrons. The van der Waals surface area contributed by atoms with Crippen molar-refractivity contribution in [2.24, 2.45) is 11.3 Å². The Morgan fingerprint density at radius 2 is 2.05 bits per heavy atom. The van der Waals surface area contributed by atoms with Crippen molar-refractivity contribution < 1.29 is 19.4 Å². The van der Waals surface area contributed by atoms with E-state index in [-0.39, 0.29) is 17.6 Å². The highest BCUT2D eigenvalue weighted by Crippen LogP contribution is 2.63. The van der Waals surface area contributed by atoms with Crippen LogP contribution in [-0.2, 0) is 9.53 Å². The number of carbonyl (C=O) groups excluding carboxylic acids is 1. The van der Waals surface area contributed by atoms with E-state index < -0.39 is 20.0 Å². The standard InChI is InChI=1S/C15H27NO4Si/c1-5-15-7-6-8-16(12(15)11(15)13(17)18)14(19)20-9-10-21(2,3)4/h11-12H,5-10H2,1-4H3,(H,17,18)/t11-,12+,15-/m1/s1. The Labute approximate surface area is 127 Å². The summed E-state index contributed by atoms with van der Waals surface area (Å²) in [5.41, 5.74) is -0.206. The minimum absolute atomic E-state index is 0.159. The number of nitrogens with zero attached hydrogens (tertiary/aromatic N) is 1. The van der Waals surface area contributed by atoms with E-state index in [1.54, 1.807) is 4.90 Å². The van der Waals surface area contributed by atoms with Crippen LogP contribution < -0.4 is 0 Å². The molecule has 3 atom stereocenters. The van der Waals surface area contributed by atoms with Crippen molar-refractivity contribution in [3.05, 3.63) is 0 Å². The van der Waals surface area contributed by atoms with Crippen molar-refractivity contribution >= 4 is 20.1 Å². The van der Waals surface area contributed by atoms with Crippen LogP contribution in [0.25, 0.3) is 0 Å². The molecule has 2 aliphatic rings. The molecular formula is C15H27NO4Si. The minimum atomic E-state index is -1.22. The Balaban J connectivity index is 1.97. The lowest BCUT2D eigenvalue weighted by Gasteiger charge is -2.30. The Kier molecular flexibility index (Phi) is 4.38. The number of hydrogen-bond acceptors (Lipinski definition) is 3. The Hall–Kier alpha value is -1.04. The Bertz CT molecular complexity index is 434. The van der Waals surface area contributed by atoms with E-state index in [9.17, 15) is 14.7 Å². The van der Waals surface area contributed by atoms with E-state index in [0.29, 0.717) is 13.2 Å². The summed E-state index contributed by atoms with van der Waals surface area (Å²) in [6.07, 6.45) is 2.27. The number of carboxylic acids is 1. The van der Waals surface area contributed by atoms with Gasteiger partial charge in [-0.3, -0.25) is 4.79 Å². The molecule has 0 spiro atoms. The summed E-state index contributed by atoms with van der Waals surface area (Å²) in [7, 11) is -1.22. The second-order valence-electron chi connectivity index (χ2n) is 7.57. The Morgan fingerprint density at radius 1 is 1.38 bits per heavy atom. The number of ether oxygens (including phenoxy) is 1. The summed E-state index contributed by atoms with van der Waals surface area (Å²) < 4.78 is 5.40. The first-order valence-electron chi connectivity index (χ1n) is 7.89. The van der Waals surface area contributed by atoms with E-state index in [2.05, 4.69) is 19.6 Å². The van der Waals surface area contributed by atoms with Crippen molar-refractivity contribution in [2.75, 3.05) is 13.2 Å². The largest absolute Gasteiger partial charge is 0.481 e. The van der Waals surface area contributed by atoms with Gasteiger partial charge in [0, 0.05) is 20.0 Å². The van der Waals surface area contributed by atoms with Gasteiger partial charge in [0.05, 0.1) is 18.6 Å². The second-order valence-corrected chi connectivity index (χ2v) is 13.2. The van der Waals surface area contributed by atoms with Crippen molar-refractivity contribution in [1.29, 1.82) is 0 Å². The lowest BCUT2D eigenvalue weighted by atomic mass is 9.91. The van der Waals surface area contributed by atoms with Crippen LogP contribution in [0.1, 0.15) is 26.2 Å². The zero-order valence-electron chi connectivity index (χ0n) is 13.5. The minimum Gasteiger partial charge on any atom is -0.481 e. The number of rotatable bonds is 5. The Morgan fingerprint density at radius 3 is 2.57 bits per heavy atom. The van der Waals surface area contributed by atoms with Gasteiger partial charge in [-0.1, -0.05) is 26.6 Å². The number of likely N-dealkylation sites (tertiary alicyclic amines) is 1. The van der Waals surface area contributed by atoms with Crippen LogP contribution in [0, 0.1) is 11.3 Å². The van der Waals surface area contributed by atoms with Crippen LogP contribution in [0.3, 0.4) is 0 Å². The first-order chi connectivity index (χ1) is 9.73. The molecule has 1 heterocycles. The molecule has 6 heteroatoms. The number of carboxylic acid groups (broad SMARTS) is 1. The van der Waals surface area contributed by atoms with Crippen molar-refractivity contribution in [2.45, 2.75) is 57.9 Å². The SMILES string of the molecule is CC[C@]12CCCN(C(=O)OCC[Si](C)(C)C)[C@H]1[C@@H]2C(=O)O. The number of piperidine rings is 1. The van der Waals surface area contributed by atoms with Crippen molar-refractivity contribution in [3.8, 4) is 0 Å². The molecule has 2 rings (SSSR count). The van der Waals surface area contributed by atoms with E-state index in [1.165, 1.54) is 0 Å². The van der Waals surface area contributed by atoms with Crippen LogP contribution in [-0.4, -0.2) is 49.3 Å². The van der Waals surface area contributed by atoms with E-state index >= 15 is 0 Å². The van der Waals surface area contributed by atoms with Gasteiger partial charge in [0.15, 0.2) is 0 Å². The van der Waals surface area contributed by atoms with Crippen LogP contribution in [0.15, 0.2) is 0 Å². The summed E-state index contributed by atoms with van der Waals surface area (Å²) >= 11 is 0. The van der Waals surface area contributed by atoms with E-state index in [4.69, 9.17) is 4.74 Å². The number of carbonyl (C=O) groups is 2. The van der Waals surface area contributed by atoms with Gasteiger partial charge >= 0.3 is 12.1 Å². The average molecular weight is 313 g/mol. The third kappa shape index (κ3) is 3.10. The molecule has 0 aromatic carbocycles. The predicted octanol–water partition coefficient (Wildman–Crippen LogP) is 3.04. The molecule has 21 heavy (non-hydrogen) atoms. The maximum Gasteiger partial charge on any atom is 0.410 e. The average Bonchev–Trinajstić information content (AvgIpc) is 3.06. The number of amides is 1. The third-order valence-corrected chi connectivity index (χ3v) is 6.73. The van der Waals surface area contributed by atoms with Gasteiger partial charge < -0.3 is 14.7 Å². The molecule has 1 amide bonds. The fraction of sp³-hybridized carbons (Fsp3) is 0.867. The molecule has 0 unspecified atom stereocenters. The second kappa shape index (κ2) is 5.63. The molecule has 0 aromatic rings. The van der Waals surface area contributed by atoms with Gasteiger partial charge in [-0.05, 0) is 25.3 Å². The van der Waals surface area contributed by atoms with Gasteiger partial charge in [0.1, 0.15) is 0 Å². The van der Waals surface area contributed by atoms with Gasteiger partial charge in [-0.25, -0.2) is 4.79 Å². The molecule has 120 valence electrons. The molecule has 0 bridgehead atoms. The molecule has 1 aliphatic heterocycles. The molecule has 5 nitrogen and oxygen atoms in total. The third-order valence-electron chi connectivity index (χ3n) is 5.03. The first-order valence-corrected chi connectivity index (χ1v) is 11.6. The summed E-state index contributed by atoms with van der Waals surface area (Å²) in [4.78, 5) is 25.4. The molecule has 0 aromatic heterocycles. The molecule has 1 saturated carbocycles. The fourth-order valence-electron chi connectivity index (χ4n) is 3.70. The summed E-state index contributed by atoms with van der Waals surface area (Å²) in [5.74, 6) is -1.18. The quantitative estimate of drug-likeness (QED) is 0.792. The van der Waals surface area contributed by atoms with Crippen LogP contribution in [0.5, 0.6) is 0 Å². The zero-order chi connectivity index (χ0) is 15.8. The number of hydrogen-bond donors (Lipinski definition) is 1. The van der Waals surface area contributed by atoms with E-state index in [1.807, 2.05) is 6.92 Å². The van der Waals surface area contributed by atoms with Crippen molar-refractivity contribution in [3.63, 3.8) is 0 Å². The normalized spacial score (nSPS) is 31.5. The van der Waals surface area contributed by atoms with Crippen molar-refractivity contribution in [1.82, 2.24) is 4.90 Å². The smallest absolute Gasteiger partial charge is 0.410 e. The first kappa shape index (κ1) is 16.3. The number of aliphatic carboxylic acids is 1. The summed E-state index contributed by atoms with van der Waals surface area (Å²) in [6.45, 7) is 9.83. The summed E-state index contributed by atoms with van der Waals surface area (Å²) in [5, 5.41) is 9.39. The number of fused-ring (bicyclic) bond motifs is 1. The molecule has 1 aliphatic carbocycles. The fourth-order valence-corrected chi connectivity index (χ4v) is 4.41. The monoisotopic (exact) mass is 313 g/mol. The highest BCUT2D eigenvalue weighted by Gasteiger charge is 2.71. The molecular weight excluding hydrogens is 286 g/mol. The topological polar surface area (TPSA) is 66.8 Å². The maximum atomic E-state index is 12.3. The van der Waals surface area contributed by atoms with Crippen LogP contribution >= 0.6 is 0 Å². The van der Waals surface area contributed by atoms with Gasteiger partial charge in [-0.15, -0.1) is 0 Å². The predicted molar refractivity (Wildman–Crippen MR) is 83.1 cm³/mol. The molecule has 2 fully saturated rings. The lowest BCUT2D eigenvalue weighted by molar-refractivity contribution is -0.139. The highest BCUT2D eigenvalue weighted by atomic mass is 28.3. The van der Waals surface area contributed by atoms with Gasteiger partial charge in [0.2, 0.25) is 0 Å². The summed E-state index contributed by atoms with van der Waals surface area (Å²) in [6, 6.07) is 0.784. The lowest BCUT2D eigenvalue weighted by Crippen LogP contribution is -2.41. The van der Waals surface area contributed by atoms with Crippen LogP contribution in [0.2, 0.25) is 25.7 Å². The van der Waals surface area contributed by atoms with Gasteiger partial charge in [0.25, 0.3) is 0 Å². The van der Waals surface area contributed by atoms with E-state index in [0.717, 1.165) is 25.3 Å². The van der Waals surface area contributed by atoms with Crippen LogP contribution in [0.4, 0.5) is 4.79 Å².